The Morgan fingerprint density at radius 3 is 2.62 bits per heavy atom. The van der Waals surface area contributed by atoms with E-state index < -0.39 is 5.97 Å². The van der Waals surface area contributed by atoms with Gasteiger partial charge in [0.25, 0.3) is 0 Å². The van der Waals surface area contributed by atoms with Gasteiger partial charge in [0.1, 0.15) is 5.78 Å². The number of carbonyl (C=O) groups excluding carboxylic acids is 2. The lowest BCUT2D eigenvalue weighted by molar-refractivity contribution is -0.140. The van der Waals surface area contributed by atoms with Gasteiger partial charge in [-0.1, -0.05) is 0 Å². The topological polar surface area (TPSA) is 96.4 Å². The van der Waals surface area contributed by atoms with E-state index in [1.165, 1.54) is 0 Å². The lowest BCUT2D eigenvalue weighted by Gasteiger charge is -2.40. The van der Waals surface area contributed by atoms with Crippen LogP contribution in [-0.4, -0.2) is 34.3 Å². The Bertz CT molecular complexity index is 631. The van der Waals surface area contributed by atoms with E-state index in [-0.39, 0.29) is 42.5 Å². The Balaban J connectivity index is 1.61. The number of hydrogen-bond acceptors (Lipinski definition) is 4. The third kappa shape index (κ3) is 3.63. The molecule has 0 saturated heterocycles. The summed E-state index contributed by atoms with van der Waals surface area (Å²) in [7, 11) is 0. The minimum Gasteiger partial charge on any atom is -0.481 e. The molecule has 128 valence electrons. The molecule has 6 nitrogen and oxygen atoms in total. The molecule has 1 amide bonds. The number of fused-ring (bicyclic) bond motifs is 3. The zero-order chi connectivity index (χ0) is 17.1. The quantitative estimate of drug-likeness (QED) is 0.828. The van der Waals surface area contributed by atoms with Crippen LogP contribution in [0.2, 0.25) is 0 Å². The molecular weight excluding hydrogens is 308 g/mol. The summed E-state index contributed by atoms with van der Waals surface area (Å²) < 4.78 is 0. The van der Waals surface area contributed by atoms with Crippen molar-refractivity contribution in [3.8, 4) is 0 Å². The van der Waals surface area contributed by atoms with Gasteiger partial charge < -0.3 is 10.4 Å². The zero-order valence-electron chi connectivity index (χ0n) is 13.5. The second-order valence-electron chi connectivity index (χ2n) is 6.87. The molecule has 1 aromatic heterocycles. The third-order valence-corrected chi connectivity index (χ3v) is 5.37. The van der Waals surface area contributed by atoms with E-state index >= 15 is 0 Å². The molecule has 0 aliphatic heterocycles. The molecular formula is C18H22N2O4. The highest BCUT2D eigenvalue weighted by molar-refractivity contribution is 5.87. The van der Waals surface area contributed by atoms with E-state index in [0.29, 0.717) is 18.6 Å². The number of hydrogen-bond donors (Lipinski definition) is 2. The van der Waals surface area contributed by atoms with Crippen LogP contribution in [0.3, 0.4) is 0 Å². The number of carboxylic acids is 1. The third-order valence-electron chi connectivity index (χ3n) is 5.37. The summed E-state index contributed by atoms with van der Waals surface area (Å²) in [6.45, 7) is 0.289. The predicted octanol–water partition coefficient (Wildman–Crippen LogP) is 1.76. The molecule has 4 unspecified atom stereocenters. The van der Waals surface area contributed by atoms with Crippen LogP contribution in [0.25, 0.3) is 0 Å². The molecule has 2 N–H and O–H groups in total. The van der Waals surface area contributed by atoms with Gasteiger partial charge in [-0.2, -0.15) is 0 Å². The van der Waals surface area contributed by atoms with E-state index in [1.54, 1.807) is 24.5 Å². The highest BCUT2D eigenvalue weighted by Crippen LogP contribution is 2.43. The maximum atomic E-state index is 12.5. The summed E-state index contributed by atoms with van der Waals surface area (Å²) >= 11 is 0. The van der Waals surface area contributed by atoms with Gasteiger partial charge in [0.2, 0.25) is 5.91 Å². The van der Waals surface area contributed by atoms with Crippen LogP contribution in [0, 0.1) is 17.8 Å². The first kappa shape index (κ1) is 16.6. The van der Waals surface area contributed by atoms with Crippen LogP contribution >= 0.6 is 0 Å². The molecule has 0 aromatic carbocycles. The number of carboxylic acid groups (broad SMARTS) is 1. The number of nitrogens with zero attached hydrogens (tertiary/aromatic N) is 1. The maximum absolute atomic E-state index is 12.5. The summed E-state index contributed by atoms with van der Waals surface area (Å²) in [5.74, 6) is -0.825. The summed E-state index contributed by atoms with van der Waals surface area (Å²) in [6.07, 6.45) is 6.22. The Morgan fingerprint density at radius 2 is 2.04 bits per heavy atom. The second-order valence-corrected chi connectivity index (χ2v) is 6.87. The number of aromatic nitrogens is 1. The monoisotopic (exact) mass is 330 g/mol. The molecule has 4 atom stereocenters. The Hall–Kier alpha value is -2.24. The van der Waals surface area contributed by atoms with Crippen molar-refractivity contribution in [2.75, 3.05) is 6.54 Å². The fraction of sp³-hybridized carbons (Fsp3) is 0.556. The standard InChI is InChI=1S/C18H22N2O4/c21-16-8-12-1-2-13(16)7-15(12)18(24)20-10-14(9-17(22)23)11-3-5-19-6-4-11/h3-6,12-15H,1-2,7-10H2,(H,20,24)(H,22,23). The molecule has 1 aromatic rings. The van der Waals surface area contributed by atoms with Crippen LogP contribution in [0.4, 0.5) is 0 Å². The van der Waals surface area contributed by atoms with Crippen LogP contribution in [0.15, 0.2) is 24.5 Å². The molecule has 0 radical (unpaired) electrons. The van der Waals surface area contributed by atoms with Crippen molar-refractivity contribution in [3.63, 3.8) is 0 Å². The van der Waals surface area contributed by atoms with Gasteiger partial charge in [0, 0.05) is 43.1 Å². The van der Waals surface area contributed by atoms with Crippen molar-refractivity contribution in [1.29, 1.82) is 0 Å². The Kier molecular flexibility index (Phi) is 4.92. The summed E-state index contributed by atoms with van der Waals surface area (Å²) in [4.78, 5) is 39.4. The van der Waals surface area contributed by atoms with Crippen LogP contribution < -0.4 is 5.32 Å². The van der Waals surface area contributed by atoms with Crippen molar-refractivity contribution >= 4 is 17.7 Å². The first-order valence-electron chi connectivity index (χ1n) is 8.46. The minimum atomic E-state index is -0.895. The fourth-order valence-electron chi connectivity index (χ4n) is 4.03. The first-order valence-corrected chi connectivity index (χ1v) is 8.46. The van der Waals surface area contributed by atoms with Gasteiger partial charge in [-0.05, 0) is 42.9 Å². The normalized spacial score (nSPS) is 26.8. The Morgan fingerprint density at radius 1 is 1.29 bits per heavy atom. The highest BCUT2D eigenvalue weighted by atomic mass is 16.4. The average molecular weight is 330 g/mol. The van der Waals surface area contributed by atoms with E-state index in [9.17, 15) is 14.4 Å². The molecule has 3 aliphatic rings. The van der Waals surface area contributed by atoms with E-state index in [2.05, 4.69) is 10.3 Å². The van der Waals surface area contributed by atoms with Gasteiger partial charge >= 0.3 is 5.97 Å². The molecule has 0 spiro atoms. The SMILES string of the molecule is O=C(O)CC(CNC(=O)C1CC2CCC1CC2=O)c1ccncc1. The lowest BCUT2D eigenvalue weighted by atomic mass is 9.64. The molecule has 6 heteroatoms. The van der Waals surface area contributed by atoms with Crippen LogP contribution in [0.5, 0.6) is 0 Å². The van der Waals surface area contributed by atoms with E-state index in [1.807, 2.05) is 0 Å². The zero-order valence-corrected chi connectivity index (χ0v) is 13.5. The van der Waals surface area contributed by atoms with E-state index in [4.69, 9.17) is 5.11 Å². The lowest BCUT2D eigenvalue weighted by Crippen LogP contribution is -2.46. The number of pyridine rings is 1. The van der Waals surface area contributed by atoms with Gasteiger partial charge in [-0.25, -0.2) is 0 Å². The van der Waals surface area contributed by atoms with Gasteiger partial charge in [-0.3, -0.25) is 19.4 Å². The molecule has 2 bridgehead atoms. The molecule has 4 rings (SSSR count). The summed E-state index contributed by atoms with van der Waals surface area (Å²) in [6, 6.07) is 3.56. The molecule has 24 heavy (non-hydrogen) atoms. The number of Topliss-reactive ketones (excluding diaryl/α,β-unsaturated/α-hetero) is 1. The van der Waals surface area contributed by atoms with Crippen LogP contribution in [-0.2, 0) is 14.4 Å². The number of carbonyl (C=O) groups is 3. The van der Waals surface area contributed by atoms with Crippen molar-refractivity contribution in [2.45, 2.75) is 38.0 Å². The number of amides is 1. The highest BCUT2D eigenvalue weighted by Gasteiger charge is 2.43. The average Bonchev–Trinajstić information content (AvgIpc) is 2.59. The van der Waals surface area contributed by atoms with Crippen molar-refractivity contribution in [3.05, 3.63) is 30.1 Å². The minimum absolute atomic E-state index is 0.0401. The van der Waals surface area contributed by atoms with Crippen molar-refractivity contribution in [2.24, 2.45) is 17.8 Å². The fourth-order valence-corrected chi connectivity index (χ4v) is 4.03. The van der Waals surface area contributed by atoms with Gasteiger partial charge in [-0.15, -0.1) is 0 Å². The molecule has 3 aliphatic carbocycles. The smallest absolute Gasteiger partial charge is 0.304 e. The number of rotatable bonds is 6. The molecule has 3 saturated carbocycles. The van der Waals surface area contributed by atoms with Crippen LogP contribution in [0.1, 0.15) is 43.6 Å². The Labute approximate surface area is 140 Å². The van der Waals surface area contributed by atoms with Crippen molar-refractivity contribution < 1.29 is 19.5 Å². The summed E-state index contributed by atoms with van der Waals surface area (Å²) in [5, 5.41) is 12.0. The first-order chi connectivity index (χ1) is 11.5. The molecule has 1 heterocycles. The number of nitrogens with one attached hydrogen (secondary N) is 1. The molecule has 3 fully saturated rings. The summed E-state index contributed by atoms with van der Waals surface area (Å²) in [5.41, 5.74) is 0.855. The van der Waals surface area contributed by atoms with Crippen molar-refractivity contribution in [1.82, 2.24) is 10.3 Å². The van der Waals surface area contributed by atoms with Gasteiger partial charge in [0.15, 0.2) is 0 Å². The van der Waals surface area contributed by atoms with Gasteiger partial charge in [0.05, 0.1) is 6.42 Å². The largest absolute Gasteiger partial charge is 0.481 e. The second kappa shape index (κ2) is 7.11. The number of aliphatic carboxylic acids is 1. The maximum Gasteiger partial charge on any atom is 0.304 e. The predicted molar refractivity (Wildman–Crippen MR) is 86.2 cm³/mol. The number of ketones is 1. The van der Waals surface area contributed by atoms with E-state index in [0.717, 1.165) is 18.4 Å².